The highest BCUT2D eigenvalue weighted by Gasteiger charge is 2.22. The fourth-order valence-corrected chi connectivity index (χ4v) is 2.67. The number of nitrogens with one attached hydrogen (secondary N) is 1. The van der Waals surface area contributed by atoms with E-state index in [4.69, 9.17) is 0 Å². The summed E-state index contributed by atoms with van der Waals surface area (Å²) in [5, 5.41) is 5.37. The fourth-order valence-electron chi connectivity index (χ4n) is 1.53. The Kier molecular flexibility index (Phi) is 5.16. The average Bonchev–Trinajstić information content (AvgIpc) is 2.61. The molecular weight excluding hydrogens is 216 g/mol. The Balaban J connectivity index is 2.25. The van der Waals surface area contributed by atoms with Crippen LogP contribution in [0.5, 0.6) is 0 Å². The molecule has 94 valence electrons. The molecule has 0 aliphatic carbocycles. The third-order valence-electron chi connectivity index (χ3n) is 3.37. The van der Waals surface area contributed by atoms with Gasteiger partial charge in [-0.3, -0.25) is 4.99 Å². The van der Waals surface area contributed by atoms with Gasteiger partial charge in [0.2, 0.25) is 0 Å². The molecule has 1 N–H and O–H groups in total. The third-order valence-corrected chi connectivity index (χ3v) is 4.58. The SMILES string of the molecule is CCCC1CN=C(NCC(C)C(C)(C)C)S1. The summed E-state index contributed by atoms with van der Waals surface area (Å²) in [6.45, 7) is 13.5. The number of hydrogen-bond acceptors (Lipinski definition) is 3. The molecule has 0 saturated carbocycles. The largest absolute Gasteiger partial charge is 0.365 e. The van der Waals surface area contributed by atoms with Gasteiger partial charge < -0.3 is 5.32 Å². The van der Waals surface area contributed by atoms with Crippen molar-refractivity contribution in [1.29, 1.82) is 0 Å². The standard InChI is InChI=1S/C13H26N2S/c1-6-7-11-9-15-12(16-11)14-8-10(2)13(3,4)5/h10-11H,6-9H2,1-5H3,(H,14,15). The summed E-state index contributed by atoms with van der Waals surface area (Å²) in [6, 6.07) is 0. The Morgan fingerprint density at radius 3 is 2.75 bits per heavy atom. The van der Waals surface area contributed by atoms with E-state index in [1.165, 1.54) is 12.8 Å². The zero-order valence-corrected chi connectivity index (χ0v) is 12.2. The molecule has 0 radical (unpaired) electrons. The molecule has 0 amide bonds. The van der Waals surface area contributed by atoms with Gasteiger partial charge in [0.1, 0.15) is 0 Å². The first-order valence-corrected chi connectivity index (χ1v) is 7.26. The van der Waals surface area contributed by atoms with Crippen LogP contribution in [0.3, 0.4) is 0 Å². The normalized spacial score (nSPS) is 23.1. The van der Waals surface area contributed by atoms with Crippen LogP contribution < -0.4 is 5.32 Å². The molecule has 2 atom stereocenters. The molecule has 1 aliphatic heterocycles. The second-order valence-electron chi connectivity index (χ2n) is 5.82. The van der Waals surface area contributed by atoms with E-state index in [0.717, 1.165) is 23.5 Å². The smallest absolute Gasteiger partial charge is 0.156 e. The van der Waals surface area contributed by atoms with Crippen molar-refractivity contribution in [3.8, 4) is 0 Å². The molecule has 1 aliphatic rings. The first-order valence-electron chi connectivity index (χ1n) is 6.38. The van der Waals surface area contributed by atoms with Gasteiger partial charge in [0.25, 0.3) is 0 Å². The Hall–Kier alpha value is -0.180. The maximum atomic E-state index is 4.56. The van der Waals surface area contributed by atoms with Gasteiger partial charge in [0, 0.05) is 11.8 Å². The first kappa shape index (κ1) is 13.9. The van der Waals surface area contributed by atoms with Gasteiger partial charge in [0.15, 0.2) is 5.17 Å². The van der Waals surface area contributed by atoms with Crippen LogP contribution in [0.1, 0.15) is 47.5 Å². The third kappa shape index (κ3) is 4.36. The van der Waals surface area contributed by atoms with Crippen molar-refractivity contribution in [1.82, 2.24) is 5.32 Å². The van der Waals surface area contributed by atoms with Crippen LogP contribution in [0, 0.1) is 11.3 Å². The van der Waals surface area contributed by atoms with Crippen molar-refractivity contribution >= 4 is 16.9 Å². The van der Waals surface area contributed by atoms with Crippen LogP contribution in [-0.4, -0.2) is 23.5 Å². The summed E-state index contributed by atoms with van der Waals surface area (Å²) >= 11 is 1.93. The summed E-state index contributed by atoms with van der Waals surface area (Å²) in [7, 11) is 0. The fraction of sp³-hybridized carbons (Fsp3) is 0.923. The number of nitrogens with zero attached hydrogens (tertiary/aromatic N) is 1. The molecule has 0 aromatic carbocycles. The molecule has 1 rings (SSSR count). The summed E-state index contributed by atoms with van der Waals surface area (Å²) < 4.78 is 0. The van der Waals surface area contributed by atoms with E-state index in [2.05, 4.69) is 44.9 Å². The van der Waals surface area contributed by atoms with Crippen molar-refractivity contribution in [2.45, 2.75) is 52.7 Å². The lowest BCUT2D eigenvalue weighted by molar-refractivity contribution is 0.262. The summed E-state index contributed by atoms with van der Waals surface area (Å²) in [4.78, 5) is 4.56. The highest BCUT2D eigenvalue weighted by Crippen LogP contribution is 2.26. The van der Waals surface area contributed by atoms with Crippen molar-refractivity contribution in [3.05, 3.63) is 0 Å². The number of thioether (sulfide) groups is 1. The van der Waals surface area contributed by atoms with Crippen molar-refractivity contribution < 1.29 is 0 Å². The minimum atomic E-state index is 0.375. The molecule has 0 aromatic heterocycles. The predicted molar refractivity (Wildman–Crippen MR) is 75.2 cm³/mol. The van der Waals surface area contributed by atoms with Crippen LogP contribution >= 0.6 is 11.8 Å². The lowest BCUT2D eigenvalue weighted by Gasteiger charge is -2.27. The topological polar surface area (TPSA) is 24.4 Å². The summed E-state index contributed by atoms with van der Waals surface area (Å²) in [5.41, 5.74) is 0.375. The summed E-state index contributed by atoms with van der Waals surface area (Å²) in [6.07, 6.45) is 2.55. The zero-order valence-electron chi connectivity index (χ0n) is 11.3. The molecule has 0 saturated heterocycles. The second-order valence-corrected chi connectivity index (χ2v) is 7.11. The minimum Gasteiger partial charge on any atom is -0.365 e. The van der Waals surface area contributed by atoms with Crippen LogP contribution in [0.25, 0.3) is 0 Å². The van der Waals surface area contributed by atoms with Crippen molar-refractivity contribution in [2.75, 3.05) is 13.1 Å². The molecule has 3 heteroatoms. The molecule has 16 heavy (non-hydrogen) atoms. The Morgan fingerprint density at radius 2 is 2.19 bits per heavy atom. The number of amidine groups is 1. The van der Waals surface area contributed by atoms with Crippen LogP contribution in [-0.2, 0) is 0 Å². The van der Waals surface area contributed by atoms with Crippen molar-refractivity contribution in [2.24, 2.45) is 16.3 Å². The second kappa shape index (κ2) is 5.95. The van der Waals surface area contributed by atoms with Crippen molar-refractivity contribution in [3.63, 3.8) is 0 Å². The van der Waals surface area contributed by atoms with Gasteiger partial charge in [-0.25, -0.2) is 0 Å². The van der Waals surface area contributed by atoms with E-state index in [-0.39, 0.29) is 0 Å². The molecule has 0 aromatic rings. The average molecular weight is 242 g/mol. The van der Waals surface area contributed by atoms with E-state index in [9.17, 15) is 0 Å². The van der Waals surface area contributed by atoms with E-state index >= 15 is 0 Å². The van der Waals surface area contributed by atoms with Gasteiger partial charge in [-0.15, -0.1) is 0 Å². The Bertz CT molecular complexity index is 243. The lowest BCUT2D eigenvalue weighted by Crippen LogP contribution is -2.32. The number of hydrogen-bond donors (Lipinski definition) is 1. The van der Waals surface area contributed by atoms with Gasteiger partial charge in [-0.2, -0.15) is 0 Å². The van der Waals surface area contributed by atoms with Gasteiger partial charge >= 0.3 is 0 Å². The van der Waals surface area contributed by atoms with Crippen LogP contribution in [0.2, 0.25) is 0 Å². The van der Waals surface area contributed by atoms with Crippen LogP contribution in [0.4, 0.5) is 0 Å². The maximum absolute atomic E-state index is 4.56. The molecular formula is C13H26N2S. The number of rotatable bonds is 4. The summed E-state index contributed by atoms with van der Waals surface area (Å²) in [5.74, 6) is 0.668. The minimum absolute atomic E-state index is 0.375. The highest BCUT2D eigenvalue weighted by atomic mass is 32.2. The molecule has 0 fully saturated rings. The monoisotopic (exact) mass is 242 g/mol. The van der Waals surface area contributed by atoms with Crippen LogP contribution in [0.15, 0.2) is 4.99 Å². The predicted octanol–water partition coefficient (Wildman–Crippen LogP) is 3.53. The van der Waals surface area contributed by atoms with E-state index < -0.39 is 0 Å². The molecule has 0 bridgehead atoms. The maximum Gasteiger partial charge on any atom is 0.156 e. The molecule has 1 heterocycles. The molecule has 0 spiro atoms. The zero-order chi connectivity index (χ0) is 12.2. The molecule has 2 unspecified atom stereocenters. The first-order chi connectivity index (χ1) is 7.43. The van der Waals surface area contributed by atoms with E-state index in [0.29, 0.717) is 11.3 Å². The number of aliphatic imine (C=N–C) groups is 1. The molecule has 2 nitrogen and oxygen atoms in total. The Labute approximate surface area is 105 Å². The highest BCUT2D eigenvalue weighted by molar-refractivity contribution is 8.14. The quantitative estimate of drug-likeness (QED) is 0.815. The lowest BCUT2D eigenvalue weighted by atomic mass is 9.82. The van der Waals surface area contributed by atoms with Gasteiger partial charge in [0.05, 0.1) is 6.54 Å². The van der Waals surface area contributed by atoms with E-state index in [1.807, 2.05) is 11.8 Å². The Morgan fingerprint density at radius 1 is 1.50 bits per heavy atom. The van der Waals surface area contributed by atoms with Gasteiger partial charge in [-0.05, 0) is 17.8 Å². The van der Waals surface area contributed by atoms with E-state index in [1.54, 1.807) is 0 Å². The van der Waals surface area contributed by atoms with Gasteiger partial charge in [-0.1, -0.05) is 52.8 Å².